The van der Waals surface area contributed by atoms with Crippen molar-refractivity contribution in [3.05, 3.63) is 59.7 Å². The maximum absolute atomic E-state index is 12.5. The van der Waals surface area contributed by atoms with Crippen LogP contribution in [0.2, 0.25) is 0 Å². The molecule has 128 valence electrons. The highest BCUT2D eigenvalue weighted by Gasteiger charge is 2.50. The molecule has 3 atom stereocenters. The zero-order chi connectivity index (χ0) is 17.0. The minimum atomic E-state index is -0.597. The van der Waals surface area contributed by atoms with Gasteiger partial charge in [-0.15, -0.1) is 0 Å². The summed E-state index contributed by atoms with van der Waals surface area (Å²) in [4.78, 5) is 14.1. The highest BCUT2D eigenvalue weighted by Crippen LogP contribution is 2.44. The molecule has 2 aliphatic heterocycles. The average Bonchev–Trinajstić information content (AvgIpc) is 3.28. The Hall–Kier alpha value is -2.37. The number of hydrogen-bond donors (Lipinski definition) is 1. The van der Waals surface area contributed by atoms with Crippen molar-refractivity contribution in [3.8, 4) is 11.1 Å². The summed E-state index contributed by atoms with van der Waals surface area (Å²) in [5.74, 6) is 0.0531. The van der Waals surface area contributed by atoms with Gasteiger partial charge < -0.3 is 14.6 Å². The van der Waals surface area contributed by atoms with Gasteiger partial charge in [0.1, 0.15) is 18.8 Å². The highest BCUT2D eigenvalue weighted by molar-refractivity contribution is 5.79. The van der Waals surface area contributed by atoms with Crippen LogP contribution in [0.1, 0.15) is 17.0 Å². The van der Waals surface area contributed by atoms with Crippen LogP contribution in [0.5, 0.6) is 0 Å². The van der Waals surface area contributed by atoms with Crippen molar-refractivity contribution in [2.75, 3.05) is 19.8 Å². The predicted octanol–water partition coefficient (Wildman–Crippen LogP) is 2.38. The third-order valence-corrected chi connectivity index (χ3v) is 5.60. The van der Waals surface area contributed by atoms with Gasteiger partial charge in [-0.2, -0.15) is 0 Å². The van der Waals surface area contributed by atoms with Gasteiger partial charge in [-0.05, 0) is 22.3 Å². The van der Waals surface area contributed by atoms with Gasteiger partial charge in [-0.1, -0.05) is 48.5 Å². The van der Waals surface area contributed by atoms with Crippen molar-refractivity contribution in [3.63, 3.8) is 0 Å². The van der Waals surface area contributed by atoms with Crippen molar-refractivity contribution in [2.45, 2.75) is 24.2 Å². The maximum Gasteiger partial charge on any atom is 0.410 e. The lowest BCUT2D eigenvalue weighted by Crippen LogP contribution is -2.43. The summed E-state index contributed by atoms with van der Waals surface area (Å²) in [5.41, 5.74) is 4.82. The summed E-state index contributed by atoms with van der Waals surface area (Å²) in [5, 5.41) is 10.0. The van der Waals surface area contributed by atoms with Gasteiger partial charge in [-0.3, -0.25) is 4.90 Å². The molecule has 2 aromatic rings. The van der Waals surface area contributed by atoms with Crippen LogP contribution in [-0.4, -0.2) is 54.1 Å². The Morgan fingerprint density at radius 1 is 1.12 bits per heavy atom. The van der Waals surface area contributed by atoms with Crippen molar-refractivity contribution >= 4 is 6.09 Å². The van der Waals surface area contributed by atoms with Crippen LogP contribution in [-0.2, 0) is 9.47 Å². The van der Waals surface area contributed by atoms with Crippen molar-refractivity contribution in [2.24, 2.45) is 0 Å². The Morgan fingerprint density at radius 2 is 1.76 bits per heavy atom. The van der Waals surface area contributed by atoms with E-state index in [1.54, 1.807) is 4.90 Å². The Kier molecular flexibility index (Phi) is 3.33. The molecule has 2 aromatic carbocycles. The molecule has 5 rings (SSSR count). The van der Waals surface area contributed by atoms with E-state index in [-0.39, 0.29) is 24.2 Å². The molecule has 0 unspecified atom stereocenters. The van der Waals surface area contributed by atoms with Crippen LogP contribution in [0.3, 0.4) is 0 Å². The number of benzene rings is 2. The molecule has 3 aliphatic rings. The van der Waals surface area contributed by atoms with Crippen molar-refractivity contribution in [1.29, 1.82) is 0 Å². The number of carbonyl (C=O) groups is 1. The third kappa shape index (κ3) is 2.19. The van der Waals surface area contributed by atoms with E-state index in [0.717, 1.165) is 0 Å². The highest BCUT2D eigenvalue weighted by atomic mass is 16.6. The van der Waals surface area contributed by atoms with Crippen LogP contribution in [0.15, 0.2) is 48.5 Å². The molecule has 2 fully saturated rings. The van der Waals surface area contributed by atoms with Crippen LogP contribution < -0.4 is 0 Å². The molecule has 5 nitrogen and oxygen atoms in total. The fourth-order valence-electron chi connectivity index (χ4n) is 4.32. The number of aliphatic hydroxyl groups is 1. The molecule has 2 saturated heterocycles. The Morgan fingerprint density at radius 3 is 2.32 bits per heavy atom. The van der Waals surface area contributed by atoms with Crippen LogP contribution >= 0.6 is 0 Å². The number of amides is 1. The first kappa shape index (κ1) is 14.9. The molecule has 1 amide bonds. The molecule has 0 aromatic heterocycles. The average molecular weight is 337 g/mol. The second-order valence-corrected chi connectivity index (χ2v) is 6.89. The van der Waals surface area contributed by atoms with Gasteiger partial charge in [0.25, 0.3) is 0 Å². The van der Waals surface area contributed by atoms with Crippen molar-refractivity contribution < 1.29 is 19.4 Å². The van der Waals surface area contributed by atoms with E-state index in [4.69, 9.17) is 9.47 Å². The Balaban J connectivity index is 1.36. The van der Waals surface area contributed by atoms with E-state index >= 15 is 0 Å². The molecule has 2 heterocycles. The zero-order valence-electron chi connectivity index (χ0n) is 13.7. The number of carbonyl (C=O) groups excluding carboxylic acids is 1. The van der Waals surface area contributed by atoms with E-state index in [2.05, 4.69) is 24.3 Å². The molecule has 2 bridgehead atoms. The van der Waals surface area contributed by atoms with Crippen LogP contribution in [0.25, 0.3) is 11.1 Å². The number of likely N-dealkylation sites (tertiary alicyclic amines) is 1. The third-order valence-electron chi connectivity index (χ3n) is 5.60. The molecule has 0 radical (unpaired) electrons. The summed E-state index contributed by atoms with van der Waals surface area (Å²) in [6.07, 6.45) is -1.23. The maximum atomic E-state index is 12.5. The number of ether oxygens (including phenoxy) is 2. The summed E-state index contributed by atoms with van der Waals surface area (Å²) in [6.45, 7) is 1.09. The lowest BCUT2D eigenvalue weighted by molar-refractivity contribution is 0.0174. The van der Waals surface area contributed by atoms with Gasteiger partial charge in [0.05, 0.1) is 19.2 Å². The lowest BCUT2D eigenvalue weighted by atomic mass is 9.98. The second-order valence-electron chi connectivity index (χ2n) is 6.89. The summed E-state index contributed by atoms with van der Waals surface area (Å²) >= 11 is 0. The zero-order valence-corrected chi connectivity index (χ0v) is 13.7. The topological polar surface area (TPSA) is 59.0 Å². The van der Waals surface area contributed by atoms with E-state index in [9.17, 15) is 9.90 Å². The fourth-order valence-corrected chi connectivity index (χ4v) is 4.32. The Bertz CT molecular complexity index is 790. The number of rotatable bonds is 2. The van der Waals surface area contributed by atoms with Gasteiger partial charge in [0.2, 0.25) is 0 Å². The van der Waals surface area contributed by atoms with E-state index in [0.29, 0.717) is 19.8 Å². The van der Waals surface area contributed by atoms with Gasteiger partial charge in [-0.25, -0.2) is 4.79 Å². The first-order chi connectivity index (χ1) is 12.2. The summed E-state index contributed by atoms with van der Waals surface area (Å²) < 4.78 is 11.1. The molecular formula is C20H19NO4. The first-order valence-electron chi connectivity index (χ1n) is 8.65. The predicted molar refractivity (Wildman–Crippen MR) is 91.3 cm³/mol. The van der Waals surface area contributed by atoms with E-state index in [1.165, 1.54) is 22.3 Å². The molecule has 0 saturated carbocycles. The Labute approximate surface area is 145 Å². The minimum absolute atomic E-state index is 0.0531. The largest absolute Gasteiger partial charge is 0.448 e. The molecule has 1 N–H and O–H groups in total. The van der Waals surface area contributed by atoms with Gasteiger partial charge >= 0.3 is 6.09 Å². The second kappa shape index (κ2) is 5.58. The standard InChI is InChI=1S/C20H19NO4/c22-19-17-11-24-18(19)9-21(17)20(23)25-10-16-14-7-3-1-5-12(14)13-6-2-4-8-15(13)16/h1-8,16-19,22H,9-11H2/t17-,18-,19+/m1/s1. The van der Waals surface area contributed by atoms with Gasteiger partial charge in [0.15, 0.2) is 0 Å². The van der Waals surface area contributed by atoms with Crippen LogP contribution in [0.4, 0.5) is 4.79 Å². The monoisotopic (exact) mass is 337 g/mol. The fraction of sp³-hybridized carbons (Fsp3) is 0.350. The summed E-state index contributed by atoms with van der Waals surface area (Å²) in [6, 6.07) is 16.3. The number of aliphatic hydroxyl groups excluding tert-OH is 1. The normalized spacial score (nSPS) is 26.6. The molecule has 0 spiro atoms. The first-order valence-corrected chi connectivity index (χ1v) is 8.65. The summed E-state index contributed by atoms with van der Waals surface area (Å²) in [7, 11) is 0. The van der Waals surface area contributed by atoms with E-state index < -0.39 is 6.10 Å². The molecule has 1 aliphatic carbocycles. The quantitative estimate of drug-likeness (QED) is 0.914. The van der Waals surface area contributed by atoms with Crippen molar-refractivity contribution in [1.82, 2.24) is 4.90 Å². The lowest BCUT2D eigenvalue weighted by Gasteiger charge is -2.26. The number of hydrogen-bond acceptors (Lipinski definition) is 4. The minimum Gasteiger partial charge on any atom is -0.448 e. The number of fused-ring (bicyclic) bond motifs is 5. The molecule has 25 heavy (non-hydrogen) atoms. The SMILES string of the molecule is O=C(OCC1c2ccccc2-c2ccccc21)N1C[C@H]2OC[C@@H]1[C@@H]2O. The van der Waals surface area contributed by atoms with E-state index in [1.807, 2.05) is 24.3 Å². The number of morpholine rings is 1. The van der Waals surface area contributed by atoms with Gasteiger partial charge in [0, 0.05) is 5.92 Å². The molecular weight excluding hydrogens is 318 g/mol. The van der Waals surface area contributed by atoms with Crippen LogP contribution in [0, 0.1) is 0 Å². The number of nitrogens with zero attached hydrogens (tertiary/aromatic N) is 1. The smallest absolute Gasteiger partial charge is 0.410 e. The molecule has 5 heteroatoms.